The first-order valence-electron chi connectivity index (χ1n) is 6.51. The minimum absolute atomic E-state index is 0.649. The van der Waals surface area contributed by atoms with E-state index in [9.17, 15) is 0 Å². The highest BCUT2D eigenvalue weighted by molar-refractivity contribution is 5.77. The molecule has 0 unspecified atom stereocenters. The lowest BCUT2D eigenvalue weighted by Gasteiger charge is -2.07. The van der Waals surface area contributed by atoms with E-state index >= 15 is 0 Å². The third-order valence-corrected chi connectivity index (χ3v) is 3.10. The molecule has 0 saturated heterocycles. The van der Waals surface area contributed by atoms with Crippen molar-refractivity contribution in [3.05, 3.63) is 48.8 Å². The van der Waals surface area contributed by atoms with Gasteiger partial charge in [-0.2, -0.15) is 9.61 Å². The van der Waals surface area contributed by atoms with Crippen LogP contribution in [0.2, 0.25) is 0 Å². The molecule has 102 valence electrons. The fraction of sp³-hybridized carbons (Fsp3) is 0.200. The zero-order valence-electron chi connectivity index (χ0n) is 11.3. The maximum absolute atomic E-state index is 5.04. The summed E-state index contributed by atoms with van der Waals surface area (Å²) in [6, 6.07) is 12.1. The molecule has 0 spiro atoms. The van der Waals surface area contributed by atoms with Gasteiger partial charge in [-0.1, -0.05) is 30.3 Å². The van der Waals surface area contributed by atoms with E-state index in [0.29, 0.717) is 6.61 Å². The molecule has 0 amide bonds. The fourth-order valence-corrected chi connectivity index (χ4v) is 2.13. The molecule has 1 aromatic carbocycles. The van der Waals surface area contributed by atoms with Crippen molar-refractivity contribution in [3.8, 4) is 11.1 Å². The summed E-state index contributed by atoms with van der Waals surface area (Å²) in [6.45, 7) is 1.38. The Hall–Kier alpha value is -2.40. The Morgan fingerprint density at radius 3 is 2.85 bits per heavy atom. The first kappa shape index (κ1) is 12.6. The Bertz CT molecular complexity index is 693. The topological polar surface area (TPSA) is 51.5 Å². The second-order valence-electron chi connectivity index (χ2n) is 4.41. The van der Waals surface area contributed by atoms with E-state index in [2.05, 4.69) is 27.5 Å². The van der Waals surface area contributed by atoms with Crippen LogP contribution in [0.5, 0.6) is 0 Å². The monoisotopic (exact) mass is 268 g/mol. The fourth-order valence-electron chi connectivity index (χ4n) is 2.13. The summed E-state index contributed by atoms with van der Waals surface area (Å²) < 4.78 is 6.86. The van der Waals surface area contributed by atoms with Gasteiger partial charge in [0.2, 0.25) is 0 Å². The third kappa shape index (κ3) is 2.35. The molecule has 3 rings (SSSR count). The van der Waals surface area contributed by atoms with Gasteiger partial charge in [-0.05, 0) is 11.6 Å². The van der Waals surface area contributed by atoms with Crippen molar-refractivity contribution in [1.82, 2.24) is 14.6 Å². The average Bonchev–Trinajstić information content (AvgIpc) is 2.93. The standard InChI is InChI=1S/C15H16N4O/c1-20-10-9-16-14-7-8-17-15-13(11-18-19(14)15)12-5-3-2-4-6-12/h2-8,11,16H,9-10H2,1H3. The molecule has 5 nitrogen and oxygen atoms in total. The van der Waals surface area contributed by atoms with Crippen molar-refractivity contribution >= 4 is 11.5 Å². The molecule has 20 heavy (non-hydrogen) atoms. The quantitative estimate of drug-likeness (QED) is 0.722. The van der Waals surface area contributed by atoms with Crippen molar-refractivity contribution in [2.45, 2.75) is 0 Å². The normalized spacial score (nSPS) is 10.8. The molecule has 0 aliphatic carbocycles. The van der Waals surface area contributed by atoms with E-state index in [-0.39, 0.29) is 0 Å². The van der Waals surface area contributed by atoms with Crippen LogP contribution >= 0.6 is 0 Å². The van der Waals surface area contributed by atoms with Gasteiger partial charge in [-0.3, -0.25) is 0 Å². The average molecular weight is 268 g/mol. The van der Waals surface area contributed by atoms with E-state index in [0.717, 1.165) is 29.1 Å². The number of hydrogen-bond donors (Lipinski definition) is 1. The van der Waals surface area contributed by atoms with E-state index in [1.165, 1.54) is 0 Å². The van der Waals surface area contributed by atoms with Crippen LogP contribution in [-0.4, -0.2) is 34.9 Å². The van der Waals surface area contributed by atoms with Gasteiger partial charge in [-0.15, -0.1) is 0 Å². The van der Waals surface area contributed by atoms with Gasteiger partial charge in [0, 0.05) is 25.4 Å². The van der Waals surface area contributed by atoms with E-state index < -0.39 is 0 Å². The molecule has 5 heteroatoms. The number of fused-ring (bicyclic) bond motifs is 1. The number of methoxy groups -OCH3 is 1. The molecule has 3 aromatic rings. The van der Waals surface area contributed by atoms with Gasteiger partial charge < -0.3 is 10.1 Å². The number of nitrogens with zero attached hydrogens (tertiary/aromatic N) is 3. The lowest BCUT2D eigenvalue weighted by atomic mass is 10.1. The largest absolute Gasteiger partial charge is 0.383 e. The maximum atomic E-state index is 5.04. The Morgan fingerprint density at radius 1 is 1.20 bits per heavy atom. The zero-order chi connectivity index (χ0) is 13.8. The second-order valence-corrected chi connectivity index (χ2v) is 4.41. The number of benzene rings is 1. The Labute approximate surface area is 117 Å². The van der Waals surface area contributed by atoms with Crippen LogP contribution in [0.25, 0.3) is 16.8 Å². The highest BCUT2D eigenvalue weighted by atomic mass is 16.5. The molecule has 2 aromatic heterocycles. The molecule has 0 radical (unpaired) electrons. The molecule has 1 N–H and O–H groups in total. The van der Waals surface area contributed by atoms with E-state index in [4.69, 9.17) is 4.74 Å². The van der Waals surface area contributed by atoms with Crippen molar-refractivity contribution in [1.29, 1.82) is 0 Å². The summed E-state index contributed by atoms with van der Waals surface area (Å²) in [5, 5.41) is 7.71. The Balaban J connectivity index is 1.99. The SMILES string of the molecule is COCCNc1ccnc2c(-c3ccccc3)cnn12. The van der Waals surface area contributed by atoms with E-state index in [1.807, 2.05) is 35.0 Å². The highest BCUT2D eigenvalue weighted by Gasteiger charge is 2.09. The lowest BCUT2D eigenvalue weighted by Crippen LogP contribution is -2.11. The van der Waals surface area contributed by atoms with Crippen LogP contribution in [0.4, 0.5) is 5.82 Å². The molecular weight excluding hydrogens is 252 g/mol. The summed E-state index contributed by atoms with van der Waals surface area (Å²) in [7, 11) is 1.69. The number of rotatable bonds is 5. The van der Waals surface area contributed by atoms with Crippen LogP contribution in [0.15, 0.2) is 48.8 Å². The molecule has 0 aliphatic rings. The minimum Gasteiger partial charge on any atom is -0.383 e. The van der Waals surface area contributed by atoms with Crippen LogP contribution in [0.1, 0.15) is 0 Å². The van der Waals surface area contributed by atoms with Crippen LogP contribution in [0, 0.1) is 0 Å². The molecule has 2 heterocycles. The number of anilines is 1. The number of hydrogen-bond acceptors (Lipinski definition) is 4. The summed E-state index contributed by atoms with van der Waals surface area (Å²) in [4.78, 5) is 4.44. The van der Waals surface area contributed by atoms with Crippen molar-refractivity contribution in [3.63, 3.8) is 0 Å². The van der Waals surface area contributed by atoms with Gasteiger partial charge in [0.05, 0.1) is 12.8 Å². The van der Waals surface area contributed by atoms with Gasteiger partial charge in [0.25, 0.3) is 0 Å². The number of aromatic nitrogens is 3. The van der Waals surface area contributed by atoms with Gasteiger partial charge in [0.15, 0.2) is 5.65 Å². The van der Waals surface area contributed by atoms with E-state index in [1.54, 1.807) is 13.3 Å². The predicted octanol–water partition coefficient (Wildman–Crippen LogP) is 2.45. The highest BCUT2D eigenvalue weighted by Crippen LogP contribution is 2.24. The summed E-state index contributed by atoms with van der Waals surface area (Å²) in [6.07, 6.45) is 3.64. The van der Waals surface area contributed by atoms with Crippen LogP contribution < -0.4 is 5.32 Å². The van der Waals surface area contributed by atoms with Crippen molar-refractivity contribution in [2.24, 2.45) is 0 Å². The molecular formula is C15H16N4O. The number of nitrogens with one attached hydrogen (secondary N) is 1. The zero-order valence-corrected chi connectivity index (χ0v) is 11.3. The molecule has 0 saturated carbocycles. The van der Waals surface area contributed by atoms with Gasteiger partial charge in [-0.25, -0.2) is 4.98 Å². The number of ether oxygens (including phenoxy) is 1. The first-order valence-corrected chi connectivity index (χ1v) is 6.51. The molecule has 0 bridgehead atoms. The Morgan fingerprint density at radius 2 is 2.05 bits per heavy atom. The predicted molar refractivity (Wildman–Crippen MR) is 78.8 cm³/mol. The summed E-state index contributed by atoms with van der Waals surface area (Å²) in [5.41, 5.74) is 2.99. The van der Waals surface area contributed by atoms with Crippen molar-refractivity contribution < 1.29 is 4.74 Å². The maximum Gasteiger partial charge on any atom is 0.165 e. The second kappa shape index (κ2) is 5.71. The van der Waals surface area contributed by atoms with Gasteiger partial charge in [0.1, 0.15) is 5.82 Å². The van der Waals surface area contributed by atoms with Crippen LogP contribution in [0.3, 0.4) is 0 Å². The lowest BCUT2D eigenvalue weighted by molar-refractivity contribution is 0.210. The molecule has 0 atom stereocenters. The van der Waals surface area contributed by atoms with Gasteiger partial charge >= 0.3 is 0 Å². The molecule has 0 fully saturated rings. The van der Waals surface area contributed by atoms with Crippen molar-refractivity contribution in [2.75, 3.05) is 25.6 Å². The molecule has 0 aliphatic heterocycles. The summed E-state index contributed by atoms with van der Waals surface area (Å²) in [5.74, 6) is 0.911. The van der Waals surface area contributed by atoms with Crippen LogP contribution in [-0.2, 0) is 4.74 Å². The minimum atomic E-state index is 0.649. The summed E-state index contributed by atoms with van der Waals surface area (Å²) >= 11 is 0. The Kier molecular flexibility index (Phi) is 3.60. The first-order chi connectivity index (χ1) is 9.90. The third-order valence-electron chi connectivity index (χ3n) is 3.10. The smallest absolute Gasteiger partial charge is 0.165 e.